The third-order valence-electron chi connectivity index (χ3n) is 2.54. The van der Waals surface area contributed by atoms with Crippen LogP contribution in [0.5, 0.6) is 0 Å². The molecular formula is C14H13NOS. The van der Waals surface area contributed by atoms with E-state index in [0.29, 0.717) is 5.56 Å². The van der Waals surface area contributed by atoms with E-state index < -0.39 is 0 Å². The van der Waals surface area contributed by atoms with E-state index in [-0.39, 0.29) is 5.91 Å². The number of hydrogen-bond acceptors (Lipinski definition) is 2. The Hall–Kier alpha value is -1.74. The number of rotatable bonds is 2. The van der Waals surface area contributed by atoms with E-state index in [4.69, 9.17) is 0 Å². The minimum absolute atomic E-state index is 0.0351. The zero-order chi connectivity index (χ0) is 12.3. The number of para-hydroxylation sites is 1. The fourth-order valence-electron chi connectivity index (χ4n) is 1.60. The molecule has 17 heavy (non-hydrogen) atoms. The first-order chi connectivity index (χ1) is 8.18. The van der Waals surface area contributed by atoms with Crippen LogP contribution in [0.2, 0.25) is 0 Å². The number of benzene rings is 2. The maximum absolute atomic E-state index is 12.2. The number of carbonyl (C=O) groups excluding carboxylic acids is 1. The van der Waals surface area contributed by atoms with Gasteiger partial charge in [-0.15, -0.1) is 12.6 Å². The highest BCUT2D eigenvalue weighted by molar-refractivity contribution is 7.80. The number of amides is 1. The average Bonchev–Trinajstić information content (AvgIpc) is 2.38. The summed E-state index contributed by atoms with van der Waals surface area (Å²) >= 11 is 4.23. The summed E-state index contributed by atoms with van der Waals surface area (Å²) in [4.78, 5) is 14.6. The van der Waals surface area contributed by atoms with Gasteiger partial charge in [-0.2, -0.15) is 0 Å². The molecule has 0 heterocycles. The largest absolute Gasteiger partial charge is 0.311 e. The Balaban J connectivity index is 2.27. The fraction of sp³-hybridized carbons (Fsp3) is 0.0714. The van der Waals surface area contributed by atoms with E-state index in [1.807, 2.05) is 42.5 Å². The van der Waals surface area contributed by atoms with Gasteiger partial charge in [0.2, 0.25) is 0 Å². The van der Waals surface area contributed by atoms with E-state index in [2.05, 4.69) is 12.6 Å². The van der Waals surface area contributed by atoms with Crippen molar-refractivity contribution in [3.63, 3.8) is 0 Å². The Morgan fingerprint density at radius 1 is 1.06 bits per heavy atom. The normalized spacial score (nSPS) is 10.0. The van der Waals surface area contributed by atoms with Crippen molar-refractivity contribution in [2.75, 3.05) is 11.9 Å². The number of carbonyl (C=O) groups is 1. The Labute approximate surface area is 106 Å². The van der Waals surface area contributed by atoms with E-state index >= 15 is 0 Å². The van der Waals surface area contributed by atoms with Crippen molar-refractivity contribution >= 4 is 24.2 Å². The lowest BCUT2D eigenvalue weighted by Gasteiger charge is -2.17. The Morgan fingerprint density at radius 2 is 1.76 bits per heavy atom. The lowest BCUT2D eigenvalue weighted by atomic mass is 10.2. The van der Waals surface area contributed by atoms with Gasteiger partial charge >= 0.3 is 0 Å². The van der Waals surface area contributed by atoms with Gasteiger partial charge in [0.05, 0.1) is 0 Å². The smallest absolute Gasteiger partial charge is 0.258 e. The molecule has 2 nitrogen and oxygen atoms in total. The van der Waals surface area contributed by atoms with Crippen LogP contribution < -0.4 is 4.90 Å². The molecule has 0 aliphatic heterocycles. The molecule has 0 aliphatic rings. The van der Waals surface area contributed by atoms with Crippen LogP contribution in [0.25, 0.3) is 0 Å². The van der Waals surface area contributed by atoms with Gasteiger partial charge in [0, 0.05) is 23.2 Å². The molecule has 2 aromatic carbocycles. The second-order valence-electron chi connectivity index (χ2n) is 3.75. The monoisotopic (exact) mass is 243 g/mol. The molecule has 0 saturated carbocycles. The summed E-state index contributed by atoms with van der Waals surface area (Å²) in [6.07, 6.45) is 0. The minimum Gasteiger partial charge on any atom is -0.311 e. The molecule has 0 bridgehead atoms. The van der Waals surface area contributed by atoms with Gasteiger partial charge in [-0.05, 0) is 30.3 Å². The van der Waals surface area contributed by atoms with Crippen LogP contribution in [-0.4, -0.2) is 13.0 Å². The number of hydrogen-bond donors (Lipinski definition) is 1. The van der Waals surface area contributed by atoms with E-state index in [9.17, 15) is 4.79 Å². The maximum Gasteiger partial charge on any atom is 0.258 e. The van der Waals surface area contributed by atoms with Gasteiger partial charge in [0.25, 0.3) is 5.91 Å². The van der Waals surface area contributed by atoms with E-state index in [1.165, 1.54) is 0 Å². The zero-order valence-electron chi connectivity index (χ0n) is 9.50. The molecule has 86 valence electrons. The highest BCUT2D eigenvalue weighted by atomic mass is 32.1. The molecule has 3 heteroatoms. The summed E-state index contributed by atoms with van der Waals surface area (Å²) < 4.78 is 0. The first kappa shape index (κ1) is 11.7. The van der Waals surface area contributed by atoms with Gasteiger partial charge in [-0.25, -0.2) is 0 Å². The quantitative estimate of drug-likeness (QED) is 0.803. The first-order valence-corrected chi connectivity index (χ1v) is 5.75. The summed E-state index contributed by atoms with van der Waals surface area (Å²) in [6.45, 7) is 0. The Kier molecular flexibility index (Phi) is 3.49. The van der Waals surface area contributed by atoms with Crippen LogP contribution in [-0.2, 0) is 0 Å². The summed E-state index contributed by atoms with van der Waals surface area (Å²) in [5, 5.41) is 0. The summed E-state index contributed by atoms with van der Waals surface area (Å²) in [7, 11) is 1.77. The van der Waals surface area contributed by atoms with Crippen LogP contribution in [0.3, 0.4) is 0 Å². The predicted molar refractivity (Wildman–Crippen MR) is 72.9 cm³/mol. The summed E-state index contributed by atoms with van der Waals surface area (Å²) in [6, 6.07) is 16.8. The van der Waals surface area contributed by atoms with Crippen molar-refractivity contribution in [2.45, 2.75) is 4.90 Å². The van der Waals surface area contributed by atoms with E-state index in [0.717, 1.165) is 10.6 Å². The molecule has 0 spiro atoms. The highest BCUT2D eigenvalue weighted by Gasteiger charge is 2.12. The van der Waals surface area contributed by atoms with Crippen molar-refractivity contribution in [2.24, 2.45) is 0 Å². The molecule has 0 fully saturated rings. The number of nitrogens with zero attached hydrogens (tertiary/aromatic N) is 1. The van der Waals surface area contributed by atoms with Gasteiger partial charge in [-0.1, -0.05) is 24.3 Å². The topological polar surface area (TPSA) is 20.3 Å². The van der Waals surface area contributed by atoms with Crippen molar-refractivity contribution < 1.29 is 4.79 Å². The van der Waals surface area contributed by atoms with Crippen LogP contribution in [0.15, 0.2) is 59.5 Å². The molecular weight excluding hydrogens is 230 g/mol. The Bertz CT molecular complexity index is 525. The highest BCUT2D eigenvalue weighted by Crippen LogP contribution is 2.16. The van der Waals surface area contributed by atoms with Crippen LogP contribution in [0, 0.1) is 0 Å². The number of thiol groups is 1. The fourth-order valence-corrected chi connectivity index (χ4v) is 1.83. The molecule has 0 radical (unpaired) electrons. The second kappa shape index (κ2) is 5.06. The van der Waals surface area contributed by atoms with Crippen molar-refractivity contribution in [1.82, 2.24) is 0 Å². The van der Waals surface area contributed by atoms with Crippen LogP contribution >= 0.6 is 12.6 Å². The van der Waals surface area contributed by atoms with Gasteiger partial charge in [0.1, 0.15) is 0 Å². The third kappa shape index (κ3) is 2.68. The molecule has 0 aliphatic carbocycles. The van der Waals surface area contributed by atoms with E-state index in [1.54, 1.807) is 24.1 Å². The molecule has 0 saturated heterocycles. The Morgan fingerprint density at radius 3 is 2.41 bits per heavy atom. The molecule has 2 rings (SSSR count). The average molecular weight is 243 g/mol. The minimum atomic E-state index is -0.0351. The lowest BCUT2D eigenvalue weighted by Crippen LogP contribution is -2.26. The molecule has 0 unspecified atom stereocenters. The molecule has 0 atom stereocenters. The van der Waals surface area contributed by atoms with Crippen LogP contribution in [0.4, 0.5) is 5.69 Å². The molecule has 2 aromatic rings. The number of anilines is 1. The van der Waals surface area contributed by atoms with Crippen molar-refractivity contribution in [1.29, 1.82) is 0 Å². The first-order valence-electron chi connectivity index (χ1n) is 5.30. The molecule has 0 aromatic heterocycles. The third-order valence-corrected chi connectivity index (χ3v) is 2.82. The van der Waals surface area contributed by atoms with Crippen molar-refractivity contribution in [3.05, 3.63) is 60.2 Å². The van der Waals surface area contributed by atoms with Gasteiger partial charge < -0.3 is 4.90 Å². The SMILES string of the molecule is CN(C(=O)c1cccc(S)c1)c1ccccc1. The van der Waals surface area contributed by atoms with Gasteiger partial charge in [-0.3, -0.25) is 4.79 Å². The lowest BCUT2D eigenvalue weighted by molar-refractivity contribution is 0.0993. The summed E-state index contributed by atoms with van der Waals surface area (Å²) in [5.41, 5.74) is 1.52. The van der Waals surface area contributed by atoms with Crippen molar-refractivity contribution in [3.8, 4) is 0 Å². The standard InChI is InChI=1S/C14H13NOS/c1-15(12-7-3-2-4-8-12)14(16)11-6-5-9-13(17)10-11/h2-10,17H,1H3. The molecule has 0 N–H and O–H groups in total. The predicted octanol–water partition coefficient (Wildman–Crippen LogP) is 3.25. The zero-order valence-corrected chi connectivity index (χ0v) is 10.4. The molecule has 1 amide bonds. The van der Waals surface area contributed by atoms with Gasteiger partial charge in [0.15, 0.2) is 0 Å². The van der Waals surface area contributed by atoms with Crippen LogP contribution in [0.1, 0.15) is 10.4 Å². The maximum atomic E-state index is 12.2. The summed E-state index contributed by atoms with van der Waals surface area (Å²) in [5.74, 6) is -0.0351. The second-order valence-corrected chi connectivity index (χ2v) is 4.27.